The van der Waals surface area contributed by atoms with Crippen LogP contribution in [0.5, 0.6) is 0 Å². The average Bonchev–Trinajstić information content (AvgIpc) is 2.03. The van der Waals surface area contributed by atoms with Crippen LogP contribution in [0.3, 0.4) is 0 Å². The van der Waals surface area contributed by atoms with Gasteiger partial charge in [0, 0.05) is 0 Å². The molecule has 0 saturated carbocycles. The number of hydrogen-bond acceptors (Lipinski definition) is 3. The topological polar surface area (TPSA) is 27.6 Å². The van der Waals surface area contributed by atoms with Crippen LogP contribution in [0.4, 0.5) is 0 Å². The van der Waals surface area contributed by atoms with Crippen molar-refractivity contribution in [1.29, 1.82) is 0 Å². The number of hydrazone groups is 1. The van der Waals surface area contributed by atoms with E-state index in [4.69, 9.17) is 0 Å². The number of hydrazine groups is 1. The molecule has 0 amide bonds. The van der Waals surface area contributed by atoms with Crippen LogP contribution in [-0.2, 0) is 0 Å². The Kier molecular flexibility index (Phi) is 2.40. The molecule has 3 nitrogen and oxygen atoms in total. The third kappa shape index (κ3) is 2.00. The number of nitrogens with one attached hydrogen (secondary N) is 1. The maximum atomic E-state index is 4.39. The zero-order valence-corrected chi connectivity index (χ0v) is 8.18. The first kappa shape index (κ1) is 9.10. The summed E-state index contributed by atoms with van der Waals surface area (Å²) in [6, 6.07) is 0. The maximum absolute atomic E-state index is 4.39. The molecule has 0 aliphatic carbocycles. The minimum absolute atomic E-state index is 0.00167. The van der Waals surface area contributed by atoms with E-state index in [0.717, 1.165) is 12.1 Å². The second-order valence-corrected chi connectivity index (χ2v) is 3.83. The molecule has 1 aliphatic heterocycles. The van der Waals surface area contributed by atoms with E-state index in [0.29, 0.717) is 0 Å². The molecular weight excluding hydrogens is 150 g/mol. The highest BCUT2D eigenvalue weighted by molar-refractivity contribution is 5.94. The van der Waals surface area contributed by atoms with Crippen LogP contribution in [0.15, 0.2) is 11.2 Å². The summed E-state index contributed by atoms with van der Waals surface area (Å²) >= 11 is 0. The van der Waals surface area contributed by atoms with E-state index in [2.05, 4.69) is 44.4 Å². The molecule has 0 unspecified atom stereocenters. The van der Waals surface area contributed by atoms with Gasteiger partial charge in [-0.3, -0.25) is 5.43 Å². The van der Waals surface area contributed by atoms with E-state index >= 15 is 0 Å². The fraction of sp³-hybridized carbons (Fsp3) is 0.667. The van der Waals surface area contributed by atoms with E-state index < -0.39 is 0 Å². The summed E-state index contributed by atoms with van der Waals surface area (Å²) in [7, 11) is 0. The van der Waals surface area contributed by atoms with Gasteiger partial charge in [-0.15, -0.1) is 0 Å². The quantitative estimate of drug-likeness (QED) is 0.642. The van der Waals surface area contributed by atoms with Crippen LogP contribution in [0.25, 0.3) is 0 Å². The van der Waals surface area contributed by atoms with Crippen LogP contribution in [0.1, 0.15) is 34.1 Å². The molecule has 1 heterocycles. The second-order valence-electron chi connectivity index (χ2n) is 3.83. The van der Waals surface area contributed by atoms with Gasteiger partial charge in [-0.25, -0.2) is 5.12 Å². The van der Waals surface area contributed by atoms with Gasteiger partial charge in [0.15, 0.2) is 0 Å². The molecule has 3 heteroatoms. The molecule has 0 aromatic rings. The molecule has 0 fully saturated rings. The molecule has 0 aromatic carbocycles. The predicted molar refractivity (Wildman–Crippen MR) is 50.3 cm³/mol. The Morgan fingerprint density at radius 3 is 2.75 bits per heavy atom. The van der Waals surface area contributed by atoms with Gasteiger partial charge in [0.2, 0.25) is 0 Å². The molecular formula is C9H16N3. The Hall–Kier alpha value is -0.990. The Balaban J connectivity index is 2.72. The lowest BCUT2D eigenvalue weighted by Crippen LogP contribution is -2.46. The minimum Gasteiger partial charge on any atom is -0.280 e. The van der Waals surface area contributed by atoms with Crippen molar-refractivity contribution in [2.75, 3.05) is 0 Å². The summed E-state index contributed by atoms with van der Waals surface area (Å²) in [5, 5.41) is 6.22. The molecule has 12 heavy (non-hydrogen) atoms. The molecule has 1 rings (SSSR count). The van der Waals surface area contributed by atoms with Crippen molar-refractivity contribution >= 4 is 5.71 Å². The summed E-state index contributed by atoms with van der Waals surface area (Å²) in [5.74, 6) is 0. The van der Waals surface area contributed by atoms with E-state index in [1.807, 2.05) is 11.2 Å². The molecule has 67 valence electrons. The van der Waals surface area contributed by atoms with Gasteiger partial charge in [0.25, 0.3) is 0 Å². The lowest BCUT2D eigenvalue weighted by atomic mass is 10.1. The van der Waals surface area contributed by atoms with Crippen molar-refractivity contribution in [2.24, 2.45) is 5.10 Å². The van der Waals surface area contributed by atoms with Crippen LogP contribution < -0.4 is 5.43 Å². The normalized spacial score (nSPS) is 17.3. The third-order valence-electron chi connectivity index (χ3n) is 1.64. The number of nitrogens with zero attached hydrogens (tertiary/aromatic N) is 2. The molecule has 0 saturated heterocycles. The van der Waals surface area contributed by atoms with Crippen LogP contribution in [-0.4, -0.2) is 16.4 Å². The Labute approximate surface area is 74.1 Å². The summed E-state index contributed by atoms with van der Waals surface area (Å²) in [6.45, 7) is 8.39. The van der Waals surface area contributed by atoms with Gasteiger partial charge in [-0.1, -0.05) is 6.92 Å². The highest BCUT2D eigenvalue weighted by Crippen LogP contribution is 2.13. The SMILES string of the molecule is CCC1=NN(C(C)(C)C)N[C]=C1. The van der Waals surface area contributed by atoms with Crippen molar-refractivity contribution in [1.82, 2.24) is 10.5 Å². The maximum Gasteiger partial charge on any atom is 0.0827 e. The van der Waals surface area contributed by atoms with Crippen LogP contribution >= 0.6 is 0 Å². The van der Waals surface area contributed by atoms with Crippen molar-refractivity contribution in [2.45, 2.75) is 39.7 Å². The second kappa shape index (κ2) is 3.17. The average molecular weight is 166 g/mol. The van der Waals surface area contributed by atoms with Gasteiger partial charge in [-0.2, -0.15) is 5.10 Å². The molecule has 1 N–H and O–H groups in total. The molecule has 1 radical (unpaired) electrons. The van der Waals surface area contributed by atoms with Crippen molar-refractivity contribution in [3.8, 4) is 0 Å². The van der Waals surface area contributed by atoms with E-state index in [1.54, 1.807) is 0 Å². The molecule has 0 spiro atoms. The first-order chi connectivity index (χ1) is 5.54. The highest BCUT2D eigenvalue weighted by Gasteiger charge is 2.20. The number of rotatable bonds is 1. The van der Waals surface area contributed by atoms with E-state index in [9.17, 15) is 0 Å². The molecule has 0 atom stereocenters. The Bertz CT molecular complexity index is 210. The lowest BCUT2D eigenvalue weighted by molar-refractivity contribution is 0.0931. The zero-order valence-electron chi connectivity index (χ0n) is 8.18. The van der Waals surface area contributed by atoms with Gasteiger partial charge in [-0.05, 0) is 33.3 Å². The van der Waals surface area contributed by atoms with Crippen molar-refractivity contribution in [3.05, 3.63) is 12.3 Å². The van der Waals surface area contributed by atoms with Gasteiger partial charge in [0.05, 0.1) is 17.5 Å². The fourth-order valence-corrected chi connectivity index (χ4v) is 0.850. The monoisotopic (exact) mass is 166 g/mol. The summed E-state index contributed by atoms with van der Waals surface area (Å²) in [6.07, 6.45) is 5.79. The Morgan fingerprint density at radius 2 is 2.25 bits per heavy atom. The summed E-state index contributed by atoms with van der Waals surface area (Å²) < 4.78 is 0. The molecule has 1 aliphatic rings. The number of allylic oxidation sites excluding steroid dienone is 1. The lowest BCUT2D eigenvalue weighted by Gasteiger charge is -2.34. The third-order valence-corrected chi connectivity index (χ3v) is 1.64. The van der Waals surface area contributed by atoms with Gasteiger partial charge in [0.1, 0.15) is 0 Å². The molecule has 0 aromatic heterocycles. The minimum atomic E-state index is 0.00167. The predicted octanol–water partition coefficient (Wildman–Crippen LogP) is 1.69. The van der Waals surface area contributed by atoms with Gasteiger partial charge >= 0.3 is 0 Å². The van der Waals surface area contributed by atoms with Gasteiger partial charge < -0.3 is 0 Å². The first-order valence-electron chi connectivity index (χ1n) is 4.26. The molecule has 0 bridgehead atoms. The van der Waals surface area contributed by atoms with E-state index in [1.165, 1.54) is 0 Å². The first-order valence-corrected chi connectivity index (χ1v) is 4.26. The van der Waals surface area contributed by atoms with E-state index in [-0.39, 0.29) is 5.54 Å². The fourth-order valence-electron chi connectivity index (χ4n) is 0.850. The highest BCUT2D eigenvalue weighted by atomic mass is 15.7. The zero-order chi connectivity index (χ0) is 9.19. The van der Waals surface area contributed by atoms with Crippen LogP contribution in [0, 0.1) is 6.20 Å². The van der Waals surface area contributed by atoms with Crippen molar-refractivity contribution < 1.29 is 0 Å². The summed E-state index contributed by atoms with van der Waals surface area (Å²) in [4.78, 5) is 0. The summed E-state index contributed by atoms with van der Waals surface area (Å²) in [5.41, 5.74) is 4.02. The largest absolute Gasteiger partial charge is 0.280 e. The standard InChI is InChI=1S/C9H16N3/c1-5-8-6-7-10-12(11-8)9(2,3)4/h6,10H,5H2,1-4H3. The number of hydrogen-bond donors (Lipinski definition) is 1. The Morgan fingerprint density at radius 1 is 1.58 bits per heavy atom. The smallest absolute Gasteiger partial charge is 0.0827 e. The van der Waals surface area contributed by atoms with Crippen LogP contribution in [0.2, 0.25) is 0 Å². The van der Waals surface area contributed by atoms with Crippen molar-refractivity contribution in [3.63, 3.8) is 0 Å².